The Kier molecular flexibility index (Phi) is 21.3. The molecule has 0 heterocycles. The van der Waals surface area contributed by atoms with Gasteiger partial charge in [-0.25, -0.2) is 4.79 Å². The number of carboxylic acids is 1. The van der Waals surface area contributed by atoms with E-state index in [0.29, 0.717) is 6.42 Å². The zero-order chi connectivity index (χ0) is 15.8. The van der Waals surface area contributed by atoms with E-state index in [-0.39, 0.29) is 29.6 Å². The number of aliphatic hydroxyl groups excluding tert-OH is 1. The van der Waals surface area contributed by atoms with Crippen molar-refractivity contribution in [3.8, 4) is 0 Å². The molecule has 0 bridgehead atoms. The van der Waals surface area contributed by atoms with Gasteiger partial charge in [0.1, 0.15) is 0 Å². The predicted molar refractivity (Wildman–Crippen MR) is 95.6 cm³/mol. The summed E-state index contributed by atoms with van der Waals surface area (Å²) in [5.74, 6) is -1.10. The molecule has 0 aromatic rings. The van der Waals surface area contributed by atoms with Gasteiger partial charge in [-0.1, -0.05) is 70.4 Å². The van der Waals surface area contributed by atoms with Gasteiger partial charge in [-0.05, 0) is 32.1 Å². The van der Waals surface area contributed by atoms with Crippen molar-refractivity contribution < 1.29 is 15.0 Å². The molecule has 126 valence electrons. The van der Waals surface area contributed by atoms with E-state index in [0.717, 1.165) is 32.1 Å². The summed E-state index contributed by atoms with van der Waals surface area (Å²) in [6.45, 7) is 2.25. The molecule has 0 aliphatic carbocycles. The Bertz CT molecular complexity index is 267. The summed E-state index contributed by atoms with van der Waals surface area (Å²) in [4.78, 5) is 10.4. The molecule has 0 rings (SSSR count). The minimum atomic E-state index is -1.18. The van der Waals surface area contributed by atoms with Crippen LogP contribution in [-0.2, 0) is 4.79 Å². The monoisotopic (exact) mass is 322 g/mol. The van der Waals surface area contributed by atoms with Gasteiger partial charge in [0.25, 0.3) is 0 Å². The van der Waals surface area contributed by atoms with Gasteiger partial charge in [-0.3, -0.25) is 0 Å². The van der Waals surface area contributed by atoms with E-state index in [9.17, 15) is 4.79 Å². The van der Waals surface area contributed by atoms with Gasteiger partial charge in [0.05, 0.1) is 0 Å². The van der Waals surface area contributed by atoms with Crippen molar-refractivity contribution in [2.45, 2.75) is 96.5 Å². The van der Waals surface area contributed by atoms with E-state index in [1.54, 1.807) is 0 Å². The van der Waals surface area contributed by atoms with Crippen LogP contribution in [0.3, 0.4) is 0 Å². The molecule has 22 heavy (non-hydrogen) atoms. The van der Waals surface area contributed by atoms with Crippen LogP contribution in [0, 0.1) is 0 Å². The van der Waals surface area contributed by atoms with Crippen molar-refractivity contribution in [1.29, 1.82) is 0 Å². The molecule has 0 aliphatic rings. The first kappa shape index (κ1) is 24.4. The molecule has 0 aromatic carbocycles. The molecule has 0 fully saturated rings. The van der Waals surface area contributed by atoms with E-state index in [4.69, 9.17) is 10.2 Å². The standard InChI is InChI=1S/C18H34O3.Na.H/c1-2-3-4-5-6-7-8-9-10-11-12-13-14-15-16-17(19)18(20)21;;/h9-10,17,19H,2-8,11-16H2,1H3,(H,20,21);;/b10-9-;;. The fourth-order valence-corrected chi connectivity index (χ4v) is 2.36. The van der Waals surface area contributed by atoms with E-state index in [2.05, 4.69) is 19.1 Å². The van der Waals surface area contributed by atoms with Crippen LogP contribution in [0.4, 0.5) is 0 Å². The second-order valence-electron chi connectivity index (χ2n) is 5.87. The summed E-state index contributed by atoms with van der Waals surface area (Å²) < 4.78 is 0. The average molecular weight is 322 g/mol. The van der Waals surface area contributed by atoms with Gasteiger partial charge < -0.3 is 10.2 Å². The number of carbonyl (C=O) groups is 1. The van der Waals surface area contributed by atoms with Crippen LogP contribution < -0.4 is 0 Å². The Hall–Kier alpha value is 0.170. The third kappa shape index (κ3) is 18.2. The molecule has 0 saturated carbocycles. The van der Waals surface area contributed by atoms with Crippen LogP contribution in [0.2, 0.25) is 0 Å². The van der Waals surface area contributed by atoms with Gasteiger partial charge in [0, 0.05) is 0 Å². The molecule has 0 saturated heterocycles. The quantitative estimate of drug-likeness (QED) is 0.266. The maximum absolute atomic E-state index is 10.4. The first-order valence-electron chi connectivity index (χ1n) is 8.74. The topological polar surface area (TPSA) is 57.5 Å². The molecule has 0 radical (unpaired) electrons. The molecule has 0 aromatic heterocycles. The Morgan fingerprint density at radius 2 is 1.32 bits per heavy atom. The number of hydrogen-bond donors (Lipinski definition) is 2. The second-order valence-corrected chi connectivity index (χ2v) is 5.87. The van der Waals surface area contributed by atoms with Crippen molar-refractivity contribution in [1.82, 2.24) is 0 Å². The van der Waals surface area contributed by atoms with Crippen molar-refractivity contribution in [2.24, 2.45) is 0 Å². The van der Waals surface area contributed by atoms with Gasteiger partial charge in [-0.15, -0.1) is 0 Å². The summed E-state index contributed by atoms with van der Waals surface area (Å²) in [6, 6.07) is 0. The van der Waals surface area contributed by atoms with Crippen LogP contribution in [0.5, 0.6) is 0 Å². The molecular formula is C18H35NaO3. The third-order valence-electron chi connectivity index (χ3n) is 3.77. The number of aliphatic hydroxyl groups is 1. The normalized spacial score (nSPS) is 12.3. The fourth-order valence-electron chi connectivity index (χ4n) is 2.36. The first-order valence-corrected chi connectivity index (χ1v) is 8.74. The number of carboxylic acid groups (broad SMARTS) is 1. The summed E-state index contributed by atoms with van der Waals surface area (Å²) >= 11 is 0. The molecule has 2 N–H and O–H groups in total. The second kappa shape index (κ2) is 19.2. The van der Waals surface area contributed by atoms with Gasteiger partial charge >= 0.3 is 35.5 Å². The Balaban J connectivity index is 0. The van der Waals surface area contributed by atoms with Crippen LogP contribution in [0.25, 0.3) is 0 Å². The van der Waals surface area contributed by atoms with Crippen LogP contribution in [0.1, 0.15) is 90.4 Å². The van der Waals surface area contributed by atoms with Gasteiger partial charge in [0.15, 0.2) is 6.10 Å². The summed E-state index contributed by atoms with van der Waals surface area (Å²) in [6.07, 6.45) is 18.3. The third-order valence-corrected chi connectivity index (χ3v) is 3.77. The van der Waals surface area contributed by atoms with Crippen molar-refractivity contribution in [2.75, 3.05) is 0 Å². The molecule has 4 heteroatoms. The Morgan fingerprint density at radius 1 is 0.864 bits per heavy atom. The fraction of sp³-hybridized carbons (Fsp3) is 0.833. The van der Waals surface area contributed by atoms with Gasteiger partial charge in [-0.2, -0.15) is 0 Å². The number of unbranched alkanes of at least 4 members (excludes halogenated alkanes) is 10. The summed E-state index contributed by atoms with van der Waals surface area (Å²) in [5.41, 5.74) is 0. The summed E-state index contributed by atoms with van der Waals surface area (Å²) in [5, 5.41) is 17.6. The Morgan fingerprint density at radius 3 is 1.82 bits per heavy atom. The molecule has 0 amide bonds. The van der Waals surface area contributed by atoms with Crippen molar-refractivity contribution in [3.05, 3.63) is 12.2 Å². The maximum atomic E-state index is 10.4. The number of allylic oxidation sites excluding steroid dienone is 2. The van der Waals surface area contributed by atoms with Crippen LogP contribution in [-0.4, -0.2) is 51.8 Å². The molecule has 3 nitrogen and oxygen atoms in total. The summed E-state index contributed by atoms with van der Waals surface area (Å²) in [7, 11) is 0. The number of rotatable bonds is 15. The van der Waals surface area contributed by atoms with E-state index in [1.807, 2.05) is 0 Å². The van der Waals surface area contributed by atoms with Crippen molar-refractivity contribution in [3.63, 3.8) is 0 Å². The van der Waals surface area contributed by atoms with E-state index in [1.165, 1.54) is 44.9 Å². The molecule has 1 atom stereocenters. The average Bonchev–Trinajstić information content (AvgIpc) is 2.47. The SMILES string of the molecule is CCCCCCCC/C=C\CCCCCCC(O)C(=O)O.[NaH]. The molecule has 0 aliphatic heterocycles. The predicted octanol–water partition coefficient (Wildman–Crippen LogP) is 4.43. The van der Waals surface area contributed by atoms with Crippen LogP contribution >= 0.6 is 0 Å². The van der Waals surface area contributed by atoms with E-state index < -0.39 is 12.1 Å². The van der Waals surface area contributed by atoms with Gasteiger partial charge in [0.2, 0.25) is 0 Å². The molecule has 1 unspecified atom stereocenters. The zero-order valence-electron chi connectivity index (χ0n) is 13.7. The number of aliphatic carboxylic acids is 1. The Labute approximate surface area is 158 Å². The minimum absolute atomic E-state index is 0. The van der Waals surface area contributed by atoms with Crippen molar-refractivity contribution >= 4 is 35.5 Å². The van der Waals surface area contributed by atoms with Crippen LogP contribution in [0.15, 0.2) is 12.2 Å². The molecule has 0 spiro atoms. The molecular weight excluding hydrogens is 287 g/mol. The first-order chi connectivity index (χ1) is 10.2. The number of hydrogen-bond acceptors (Lipinski definition) is 2. The zero-order valence-corrected chi connectivity index (χ0v) is 13.7. The van der Waals surface area contributed by atoms with E-state index >= 15 is 0 Å².